The Balaban J connectivity index is 3.38. The van der Waals surface area contributed by atoms with Crippen LogP contribution in [-0.2, 0) is 57.1 Å². The van der Waals surface area contributed by atoms with Crippen LogP contribution < -0.4 is 5.32 Å². The van der Waals surface area contributed by atoms with Crippen molar-refractivity contribution < 1.29 is 62.2 Å². The topological polar surface area (TPSA) is 231 Å². The molecule has 0 aromatic carbocycles. The number of alkyl halides is 1. The fourth-order valence-electron chi connectivity index (χ4n) is 3.42. The monoisotopic (exact) mass is 640 g/mol. The lowest BCUT2D eigenvalue weighted by Crippen LogP contribution is -2.67. The van der Waals surface area contributed by atoms with Crippen LogP contribution in [0.1, 0.15) is 34.6 Å². The molecule has 18 heteroatoms. The van der Waals surface area contributed by atoms with Crippen molar-refractivity contribution in [1.82, 2.24) is 5.32 Å². The van der Waals surface area contributed by atoms with Gasteiger partial charge in [0.1, 0.15) is 18.8 Å². The molecule has 0 aliphatic carbocycles. The van der Waals surface area contributed by atoms with Gasteiger partial charge in [-0.05, 0) is 12.5 Å². The largest absolute Gasteiger partial charge is 0.480 e. The van der Waals surface area contributed by atoms with E-state index in [1.54, 1.807) is 0 Å². The predicted octanol–water partition coefficient (Wildman–Crippen LogP) is 0.567. The van der Waals surface area contributed by atoms with Crippen molar-refractivity contribution in [2.45, 2.75) is 75.9 Å². The van der Waals surface area contributed by atoms with E-state index >= 15 is 0 Å². The van der Waals surface area contributed by atoms with Crippen LogP contribution in [0.4, 0.5) is 0 Å². The lowest BCUT2D eigenvalue weighted by molar-refractivity contribution is -0.319. The van der Waals surface area contributed by atoms with E-state index in [0.29, 0.717) is 0 Å². The number of rotatable bonds is 16. The second-order valence-electron chi connectivity index (χ2n) is 8.51. The minimum atomic E-state index is -1.88. The zero-order valence-electron chi connectivity index (χ0n) is 22.6. The van der Waals surface area contributed by atoms with Crippen LogP contribution in [0.5, 0.6) is 0 Å². The SMILES string of the molecule is CC(=O)N[C@H]1[C@H](OC(OCCOCCN=[N+]=[N-])C(C)(Br)C(=O)O)O[C@H](COC(C)=O)[C@@H](OC(C)=O)[C@@H]1OC(C)=O. The number of azide groups is 1. The highest BCUT2D eigenvalue weighted by molar-refractivity contribution is 9.10. The van der Waals surface area contributed by atoms with Crippen LogP contribution >= 0.6 is 15.9 Å². The van der Waals surface area contributed by atoms with E-state index in [1.807, 2.05) is 0 Å². The molecule has 0 bridgehead atoms. The Morgan fingerprint density at radius 2 is 1.68 bits per heavy atom. The van der Waals surface area contributed by atoms with Crippen molar-refractivity contribution >= 4 is 45.7 Å². The molecule has 0 radical (unpaired) electrons. The Bertz CT molecular complexity index is 959. The maximum Gasteiger partial charge on any atom is 0.325 e. The second kappa shape index (κ2) is 16.9. The predicted molar refractivity (Wildman–Crippen MR) is 135 cm³/mol. The smallest absolute Gasteiger partial charge is 0.325 e. The van der Waals surface area contributed by atoms with Gasteiger partial charge in [-0.1, -0.05) is 21.0 Å². The van der Waals surface area contributed by atoms with Crippen LogP contribution in [0.3, 0.4) is 0 Å². The number of hydrogen-bond acceptors (Lipinski definition) is 13. The molecule has 0 aromatic rings. The number of hydrogen-bond donors (Lipinski definition) is 2. The van der Waals surface area contributed by atoms with Gasteiger partial charge in [-0.15, -0.1) is 0 Å². The van der Waals surface area contributed by atoms with Crippen molar-refractivity contribution in [3.8, 4) is 0 Å². The van der Waals surface area contributed by atoms with Gasteiger partial charge in [0, 0.05) is 39.2 Å². The van der Waals surface area contributed by atoms with E-state index in [0.717, 1.165) is 27.7 Å². The van der Waals surface area contributed by atoms with Crippen molar-refractivity contribution in [3.05, 3.63) is 10.4 Å². The molecule has 2 unspecified atom stereocenters. The zero-order chi connectivity index (χ0) is 30.5. The average molecular weight is 641 g/mol. The van der Waals surface area contributed by atoms with Crippen molar-refractivity contribution in [1.29, 1.82) is 0 Å². The lowest BCUT2D eigenvalue weighted by atomic mass is 9.96. The first-order chi connectivity index (χ1) is 18.7. The minimum absolute atomic E-state index is 0.0379. The second-order valence-corrected chi connectivity index (χ2v) is 10.2. The summed E-state index contributed by atoms with van der Waals surface area (Å²) in [6.07, 6.45) is -7.24. The van der Waals surface area contributed by atoms with E-state index in [2.05, 4.69) is 31.3 Å². The van der Waals surface area contributed by atoms with Gasteiger partial charge in [0.2, 0.25) is 5.91 Å². The molecule has 0 aromatic heterocycles. The molecule has 40 heavy (non-hydrogen) atoms. The maximum absolute atomic E-state index is 12.1. The van der Waals surface area contributed by atoms with E-state index < -0.39 is 77.6 Å². The van der Waals surface area contributed by atoms with E-state index in [1.165, 1.54) is 6.92 Å². The van der Waals surface area contributed by atoms with Gasteiger partial charge in [-0.2, -0.15) is 0 Å². The van der Waals surface area contributed by atoms with Gasteiger partial charge in [0.15, 0.2) is 29.1 Å². The molecule has 226 valence electrons. The van der Waals surface area contributed by atoms with Gasteiger partial charge in [0.25, 0.3) is 0 Å². The molecule has 1 aliphatic heterocycles. The highest BCUT2D eigenvalue weighted by Gasteiger charge is 2.53. The summed E-state index contributed by atoms with van der Waals surface area (Å²) in [5, 5.41) is 15.6. The number of halogens is 1. The molecule has 0 spiro atoms. The van der Waals surface area contributed by atoms with E-state index in [4.69, 9.17) is 38.7 Å². The summed E-state index contributed by atoms with van der Waals surface area (Å²) >= 11 is 3.07. The summed E-state index contributed by atoms with van der Waals surface area (Å²) in [4.78, 5) is 62.1. The Hall–Kier alpha value is -3.02. The van der Waals surface area contributed by atoms with Gasteiger partial charge >= 0.3 is 23.9 Å². The van der Waals surface area contributed by atoms with Gasteiger partial charge in [0.05, 0.1) is 19.8 Å². The number of nitrogens with zero attached hydrogens (tertiary/aromatic N) is 3. The molecule has 2 N–H and O–H groups in total. The van der Waals surface area contributed by atoms with Crippen LogP contribution in [-0.4, -0.2) is 109 Å². The Kier molecular flexibility index (Phi) is 14.8. The molecule has 1 heterocycles. The molecule has 0 saturated carbocycles. The molecule has 17 nitrogen and oxygen atoms in total. The third-order valence-electron chi connectivity index (χ3n) is 5.09. The third kappa shape index (κ3) is 11.6. The molecule has 1 amide bonds. The van der Waals surface area contributed by atoms with Crippen LogP contribution in [0.15, 0.2) is 5.11 Å². The van der Waals surface area contributed by atoms with Gasteiger partial charge in [-0.25, -0.2) is 0 Å². The van der Waals surface area contributed by atoms with Crippen LogP contribution in [0.25, 0.3) is 10.4 Å². The summed E-state index contributed by atoms with van der Waals surface area (Å²) in [7, 11) is 0. The van der Waals surface area contributed by atoms with Crippen molar-refractivity contribution in [2.24, 2.45) is 5.11 Å². The van der Waals surface area contributed by atoms with Gasteiger partial charge in [-0.3, -0.25) is 24.0 Å². The van der Waals surface area contributed by atoms with E-state index in [9.17, 15) is 29.1 Å². The summed E-state index contributed by atoms with van der Waals surface area (Å²) in [5.74, 6) is -4.31. The number of esters is 3. The highest BCUT2D eigenvalue weighted by atomic mass is 79.9. The van der Waals surface area contributed by atoms with Crippen LogP contribution in [0.2, 0.25) is 0 Å². The lowest BCUT2D eigenvalue weighted by Gasteiger charge is -2.46. The van der Waals surface area contributed by atoms with Crippen LogP contribution in [0, 0.1) is 0 Å². The standard InChI is InChI=1S/C22H33BrN4O13/c1-11(28)26-16-18(38-14(4)31)17(37-13(3)30)15(10-36-12(2)29)39-19(16)40-21(22(5,23)20(32)33)35-9-8-34-7-6-25-27-24/h15-19,21H,6-10H2,1-5H3,(H,26,28)(H,32,33)/t15-,16-,17-,18-,19+,21?,22?/m1/s1. The average Bonchev–Trinajstić information content (AvgIpc) is 2.83. The van der Waals surface area contributed by atoms with Crippen molar-refractivity contribution in [3.63, 3.8) is 0 Å². The normalized spacial score (nSPS) is 24.4. The Morgan fingerprint density at radius 3 is 2.20 bits per heavy atom. The molecule has 1 saturated heterocycles. The molecule has 1 aliphatic rings. The first kappa shape index (κ1) is 35.0. The number of amides is 1. The maximum atomic E-state index is 12.1. The molecule has 7 atom stereocenters. The minimum Gasteiger partial charge on any atom is -0.480 e. The number of carbonyl (C=O) groups excluding carboxylic acids is 4. The number of aliphatic carboxylic acids is 1. The van der Waals surface area contributed by atoms with Crippen molar-refractivity contribution in [2.75, 3.05) is 33.0 Å². The summed E-state index contributed by atoms with van der Waals surface area (Å²) in [6, 6.07) is -1.34. The molecular formula is C22H33BrN4O13. The number of carboxylic acid groups (broad SMARTS) is 1. The summed E-state index contributed by atoms with van der Waals surface area (Å²) in [5.41, 5.74) is 8.31. The Morgan fingerprint density at radius 1 is 1.05 bits per heavy atom. The summed E-state index contributed by atoms with van der Waals surface area (Å²) < 4.78 is 36.5. The fourth-order valence-corrected chi connectivity index (χ4v) is 3.66. The quantitative estimate of drug-likeness (QED) is 0.0343. The van der Waals surface area contributed by atoms with Gasteiger partial charge < -0.3 is 43.6 Å². The number of ether oxygens (including phenoxy) is 7. The first-order valence-corrected chi connectivity index (χ1v) is 12.7. The fraction of sp³-hybridized carbons (Fsp3) is 0.773. The first-order valence-electron chi connectivity index (χ1n) is 11.9. The number of carbonyl (C=O) groups is 5. The third-order valence-corrected chi connectivity index (χ3v) is 5.80. The summed E-state index contributed by atoms with van der Waals surface area (Å²) in [6.45, 7) is 5.13. The molecular weight excluding hydrogens is 608 g/mol. The highest BCUT2D eigenvalue weighted by Crippen LogP contribution is 2.33. The Labute approximate surface area is 237 Å². The van der Waals surface area contributed by atoms with E-state index in [-0.39, 0.29) is 26.4 Å². The zero-order valence-corrected chi connectivity index (χ0v) is 24.2. The molecule has 1 rings (SSSR count). The number of nitrogens with one attached hydrogen (secondary N) is 1. The number of carboxylic acids is 1. The molecule has 1 fully saturated rings.